The molecule has 0 unspecified atom stereocenters. The highest BCUT2D eigenvalue weighted by Crippen LogP contribution is 2.26. The number of sulfonamides is 1. The van der Waals surface area contributed by atoms with E-state index in [1.165, 1.54) is 25.1 Å². The van der Waals surface area contributed by atoms with Gasteiger partial charge in [0, 0.05) is 12.6 Å². The average Bonchev–Trinajstić information content (AvgIpc) is 2.44. The van der Waals surface area contributed by atoms with Crippen molar-refractivity contribution in [3.8, 4) is 0 Å². The summed E-state index contributed by atoms with van der Waals surface area (Å²) in [4.78, 5) is 11.1. The lowest BCUT2D eigenvalue weighted by Gasteiger charge is -2.11. The van der Waals surface area contributed by atoms with Crippen LogP contribution >= 0.6 is 11.6 Å². The molecule has 0 heterocycles. The summed E-state index contributed by atoms with van der Waals surface area (Å²) in [5.41, 5.74) is 2.92. The first-order chi connectivity index (χ1) is 10.7. The van der Waals surface area contributed by atoms with Crippen LogP contribution in [-0.4, -0.2) is 14.3 Å². The highest BCUT2D eigenvalue weighted by Gasteiger charge is 2.16. The molecule has 0 saturated heterocycles. The predicted octanol–water partition coefficient (Wildman–Crippen LogP) is 3.72. The molecule has 0 atom stereocenters. The van der Waals surface area contributed by atoms with Gasteiger partial charge in [0.2, 0.25) is 5.91 Å². The minimum Gasteiger partial charge on any atom is -0.325 e. The van der Waals surface area contributed by atoms with Crippen LogP contribution in [0.4, 0.5) is 11.4 Å². The molecule has 23 heavy (non-hydrogen) atoms. The summed E-state index contributed by atoms with van der Waals surface area (Å²) >= 11 is 6.02. The van der Waals surface area contributed by atoms with Gasteiger partial charge in [0.15, 0.2) is 0 Å². The van der Waals surface area contributed by atoms with E-state index < -0.39 is 10.0 Å². The molecule has 1 amide bonds. The van der Waals surface area contributed by atoms with E-state index in [1.54, 1.807) is 12.1 Å². The van der Waals surface area contributed by atoms with Crippen LogP contribution in [0.5, 0.6) is 0 Å². The van der Waals surface area contributed by atoms with Crippen molar-refractivity contribution in [2.24, 2.45) is 0 Å². The van der Waals surface area contributed by atoms with Crippen molar-refractivity contribution in [3.05, 3.63) is 52.5 Å². The van der Waals surface area contributed by atoms with Gasteiger partial charge in [-0.15, -0.1) is 0 Å². The SMILES string of the molecule is CC(=O)Nc1ccc(S(=O)(=O)Nc2ccc(C)c(C)c2)cc1Cl. The molecule has 0 saturated carbocycles. The number of nitrogens with one attached hydrogen (secondary N) is 2. The van der Waals surface area contributed by atoms with E-state index in [-0.39, 0.29) is 15.8 Å². The normalized spacial score (nSPS) is 11.1. The third kappa shape index (κ3) is 4.24. The molecule has 122 valence electrons. The summed E-state index contributed by atoms with van der Waals surface area (Å²) in [6.07, 6.45) is 0. The summed E-state index contributed by atoms with van der Waals surface area (Å²) in [6, 6.07) is 9.46. The standard InChI is InChI=1S/C16H17ClN2O3S/c1-10-4-5-13(8-11(10)2)19-23(21,22)14-6-7-16(15(17)9-14)18-12(3)20/h4-9,19H,1-3H3,(H,18,20). The van der Waals surface area contributed by atoms with Gasteiger partial charge < -0.3 is 5.32 Å². The van der Waals surface area contributed by atoms with Crippen LogP contribution in [0.1, 0.15) is 18.1 Å². The van der Waals surface area contributed by atoms with E-state index in [4.69, 9.17) is 11.6 Å². The molecule has 0 fully saturated rings. The van der Waals surface area contributed by atoms with Crippen LogP contribution < -0.4 is 10.0 Å². The van der Waals surface area contributed by atoms with Crippen molar-refractivity contribution in [2.45, 2.75) is 25.7 Å². The first-order valence-corrected chi connectivity index (χ1v) is 8.72. The minimum absolute atomic E-state index is 0.0230. The highest BCUT2D eigenvalue weighted by atomic mass is 35.5. The van der Waals surface area contributed by atoms with Crippen molar-refractivity contribution >= 4 is 38.9 Å². The highest BCUT2D eigenvalue weighted by molar-refractivity contribution is 7.92. The number of rotatable bonds is 4. The van der Waals surface area contributed by atoms with Crippen molar-refractivity contribution in [1.29, 1.82) is 0 Å². The number of anilines is 2. The molecule has 2 aromatic carbocycles. The third-order valence-corrected chi connectivity index (χ3v) is 5.01. The second kappa shape index (κ2) is 6.60. The largest absolute Gasteiger partial charge is 0.325 e. The first-order valence-electron chi connectivity index (χ1n) is 6.86. The number of hydrogen-bond donors (Lipinski definition) is 2. The van der Waals surface area contributed by atoms with Gasteiger partial charge >= 0.3 is 0 Å². The monoisotopic (exact) mass is 352 g/mol. The zero-order valence-corrected chi connectivity index (χ0v) is 14.5. The van der Waals surface area contributed by atoms with Gasteiger partial charge in [0.05, 0.1) is 15.6 Å². The Morgan fingerprint density at radius 3 is 2.30 bits per heavy atom. The average molecular weight is 353 g/mol. The molecular weight excluding hydrogens is 336 g/mol. The summed E-state index contributed by atoms with van der Waals surface area (Å²) < 4.78 is 27.4. The Kier molecular flexibility index (Phi) is 4.97. The van der Waals surface area contributed by atoms with Crippen LogP contribution in [0.2, 0.25) is 5.02 Å². The zero-order chi connectivity index (χ0) is 17.2. The topological polar surface area (TPSA) is 75.3 Å². The van der Waals surface area contributed by atoms with E-state index in [0.717, 1.165) is 11.1 Å². The molecule has 2 N–H and O–H groups in total. The number of halogens is 1. The number of carbonyl (C=O) groups excluding carboxylic acids is 1. The maximum atomic E-state index is 12.4. The molecule has 0 spiro atoms. The molecule has 0 aliphatic carbocycles. The van der Waals surface area contributed by atoms with Gasteiger partial charge in [0.25, 0.3) is 10.0 Å². The lowest BCUT2D eigenvalue weighted by Crippen LogP contribution is -2.13. The van der Waals surface area contributed by atoms with E-state index in [2.05, 4.69) is 10.0 Å². The fourth-order valence-corrected chi connectivity index (χ4v) is 3.34. The number of amides is 1. The molecule has 7 heteroatoms. The number of carbonyl (C=O) groups is 1. The second-order valence-corrected chi connectivity index (χ2v) is 7.32. The Morgan fingerprint density at radius 1 is 1.04 bits per heavy atom. The number of hydrogen-bond acceptors (Lipinski definition) is 3. The van der Waals surface area contributed by atoms with Crippen LogP contribution in [-0.2, 0) is 14.8 Å². The number of aryl methyl sites for hydroxylation is 2. The first kappa shape index (κ1) is 17.3. The number of benzene rings is 2. The van der Waals surface area contributed by atoms with Crippen LogP contribution in [0.15, 0.2) is 41.3 Å². The van der Waals surface area contributed by atoms with Crippen LogP contribution in [0, 0.1) is 13.8 Å². The quantitative estimate of drug-likeness (QED) is 0.880. The smallest absolute Gasteiger partial charge is 0.261 e. The molecule has 5 nitrogen and oxygen atoms in total. The van der Waals surface area contributed by atoms with Gasteiger partial charge in [-0.05, 0) is 55.3 Å². The van der Waals surface area contributed by atoms with Gasteiger partial charge in [-0.3, -0.25) is 9.52 Å². The molecule has 0 radical (unpaired) electrons. The fraction of sp³-hybridized carbons (Fsp3) is 0.188. The van der Waals surface area contributed by atoms with Crippen molar-refractivity contribution in [2.75, 3.05) is 10.0 Å². The Balaban J connectivity index is 2.30. The molecule has 0 aliphatic rings. The Labute approximate surface area is 140 Å². The third-order valence-electron chi connectivity index (χ3n) is 3.32. The lowest BCUT2D eigenvalue weighted by atomic mass is 10.1. The van der Waals surface area contributed by atoms with E-state index in [1.807, 2.05) is 19.9 Å². The van der Waals surface area contributed by atoms with Crippen molar-refractivity contribution in [3.63, 3.8) is 0 Å². The molecule has 0 aromatic heterocycles. The van der Waals surface area contributed by atoms with Crippen molar-refractivity contribution < 1.29 is 13.2 Å². The van der Waals surface area contributed by atoms with Crippen molar-refractivity contribution in [1.82, 2.24) is 0 Å². The summed E-state index contributed by atoms with van der Waals surface area (Å²) in [6.45, 7) is 5.21. The Hall–Kier alpha value is -2.05. The van der Waals surface area contributed by atoms with Gasteiger partial charge in [-0.1, -0.05) is 17.7 Å². The maximum Gasteiger partial charge on any atom is 0.261 e. The molecule has 2 aromatic rings. The van der Waals surface area contributed by atoms with Gasteiger partial charge in [-0.25, -0.2) is 8.42 Å². The molecule has 2 rings (SSSR count). The lowest BCUT2D eigenvalue weighted by molar-refractivity contribution is -0.114. The van der Waals surface area contributed by atoms with E-state index in [9.17, 15) is 13.2 Å². The zero-order valence-electron chi connectivity index (χ0n) is 13.0. The molecule has 0 aliphatic heterocycles. The summed E-state index contributed by atoms with van der Waals surface area (Å²) in [7, 11) is -3.76. The predicted molar refractivity (Wildman–Crippen MR) is 92.5 cm³/mol. The second-order valence-electron chi connectivity index (χ2n) is 5.23. The van der Waals surface area contributed by atoms with Crippen LogP contribution in [0.25, 0.3) is 0 Å². The minimum atomic E-state index is -3.76. The van der Waals surface area contributed by atoms with Gasteiger partial charge in [-0.2, -0.15) is 0 Å². The van der Waals surface area contributed by atoms with Gasteiger partial charge in [0.1, 0.15) is 0 Å². The fourth-order valence-electron chi connectivity index (χ4n) is 1.97. The van der Waals surface area contributed by atoms with E-state index >= 15 is 0 Å². The summed E-state index contributed by atoms with van der Waals surface area (Å²) in [5, 5.41) is 2.68. The van der Waals surface area contributed by atoms with E-state index in [0.29, 0.717) is 11.4 Å². The molecular formula is C16H17ClN2O3S. The summed E-state index contributed by atoms with van der Waals surface area (Å²) in [5.74, 6) is -0.282. The Morgan fingerprint density at radius 2 is 1.74 bits per heavy atom. The van der Waals surface area contributed by atoms with Crippen LogP contribution in [0.3, 0.4) is 0 Å². The maximum absolute atomic E-state index is 12.4. The molecule has 0 bridgehead atoms. The Bertz CT molecular complexity index is 864.